The molecular formula is C15H15FOS. The van der Waals surface area contributed by atoms with E-state index in [2.05, 4.69) is 0 Å². The average molecular weight is 262 g/mol. The van der Waals surface area contributed by atoms with Crippen LogP contribution in [0.2, 0.25) is 0 Å². The lowest BCUT2D eigenvalue weighted by atomic mass is 10.0. The number of Topliss-reactive ketones (excluding diaryl/α,β-unsaturated/α-hetero) is 1. The van der Waals surface area contributed by atoms with Crippen molar-refractivity contribution in [3.63, 3.8) is 0 Å². The van der Waals surface area contributed by atoms with Crippen LogP contribution in [0.5, 0.6) is 0 Å². The fraction of sp³-hybridized carbons (Fsp3) is 0.267. The van der Waals surface area contributed by atoms with Gasteiger partial charge in [0.1, 0.15) is 5.82 Å². The maximum absolute atomic E-state index is 13.2. The van der Waals surface area contributed by atoms with Gasteiger partial charge in [0, 0.05) is 6.42 Å². The molecule has 1 aromatic heterocycles. The van der Waals surface area contributed by atoms with Crippen molar-refractivity contribution in [2.75, 3.05) is 0 Å². The third kappa shape index (κ3) is 2.67. The molecule has 0 N–H and O–H groups in total. The molecule has 0 aliphatic rings. The van der Waals surface area contributed by atoms with E-state index in [1.807, 2.05) is 25.3 Å². The fourth-order valence-electron chi connectivity index (χ4n) is 1.94. The van der Waals surface area contributed by atoms with Crippen LogP contribution in [0.15, 0.2) is 29.6 Å². The number of carbonyl (C=O) groups is 1. The van der Waals surface area contributed by atoms with Gasteiger partial charge < -0.3 is 0 Å². The quantitative estimate of drug-likeness (QED) is 0.755. The molecule has 0 radical (unpaired) electrons. The second-order valence-electron chi connectivity index (χ2n) is 4.30. The summed E-state index contributed by atoms with van der Waals surface area (Å²) in [4.78, 5) is 13.0. The summed E-state index contributed by atoms with van der Waals surface area (Å²) >= 11 is 1.47. The highest BCUT2D eigenvalue weighted by Gasteiger charge is 2.14. The van der Waals surface area contributed by atoms with Gasteiger partial charge >= 0.3 is 0 Å². The molecule has 3 heteroatoms. The Morgan fingerprint density at radius 1 is 1.28 bits per heavy atom. The van der Waals surface area contributed by atoms with Gasteiger partial charge in [0.25, 0.3) is 0 Å². The minimum absolute atomic E-state index is 0.0792. The highest BCUT2D eigenvalue weighted by Crippen LogP contribution is 2.21. The molecule has 0 unspecified atom stereocenters. The van der Waals surface area contributed by atoms with Gasteiger partial charge in [0.05, 0.1) is 4.88 Å². The topological polar surface area (TPSA) is 17.1 Å². The normalized spacial score (nSPS) is 10.6. The summed E-state index contributed by atoms with van der Waals surface area (Å²) in [7, 11) is 0. The summed E-state index contributed by atoms with van der Waals surface area (Å²) in [6.07, 6.45) is 1.13. The minimum Gasteiger partial charge on any atom is -0.293 e. The Morgan fingerprint density at radius 2 is 2.06 bits per heavy atom. The van der Waals surface area contributed by atoms with E-state index in [-0.39, 0.29) is 18.0 Å². The van der Waals surface area contributed by atoms with Crippen LogP contribution in [0, 0.1) is 12.7 Å². The van der Waals surface area contributed by atoms with Gasteiger partial charge in [-0.05, 0) is 53.6 Å². The SMILES string of the molecule is CCc1ccsc1C(=O)Cc1cc(F)ccc1C. The van der Waals surface area contributed by atoms with Crippen LogP contribution >= 0.6 is 11.3 Å². The number of aryl methyl sites for hydroxylation is 2. The largest absolute Gasteiger partial charge is 0.293 e. The van der Waals surface area contributed by atoms with Gasteiger partial charge in [0.15, 0.2) is 5.78 Å². The second kappa shape index (κ2) is 5.44. The van der Waals surface area contributed by atoms with E-state index in [1.54, 1.807) is 6.07 Å². The van der Waals surface area contributed by atoms with Crippen LogP contribution in [0.1, 0.15) is 33.3 Å². The number of halogens is 1. The van der Waals surface area contributed by atoms with Gasteiger partial charge in [-0.2, -0.15) is 0 Å². The zero-order valence-corrected chi connectivity index (χ0v) is 11.3. The van der Waals surface area contributed by atoms with E-state index in [0.29, 0.717) is 0 Å². The van der Waals surface area contributed by atoms with Crippen LogP contribution in [-0.4, -0.2) is 5.78 Å². The van der Waals surface area contributed by atoms with Crippen molar-refractivity contribution in [1.82, 2.24) is 0 Å². The highest BCUT2D eigenvalue weighted by molar-refractivity contribution is 7.12. The maximum atomic E-state index is 13.2. The fourth-order valence-corrected chi connectivity index (χ4v) is 2.88. The van der Waals surface area contributed by atoms with Crippen LogP contribution in [0.4, 0.5) is 4.39 Å². The molecule has 1 nitrogen and oxygen atoms in total. The third-order valence-corrected chi connectivity index (χ3v) is 4.04. The smallest absolute Gasteiger partial charge is 0.177 e. The maximum Gasteiger partial charge on any atom is 0.177 e. The highest BCUT2D eigenvalue weighted by atomic mass is 32.1. The first kappa shape index (κ1) is 13.0. The van der Waals surface area contributed by atoms with Gasteiger partial charge in [-0.15, -0.1) is 11.3 Å². The number of hydrogen-bond acceptors (Lipinski definition) is 2. The van der Waals surface area contributed by atoms with Crippen LogP contribution in [0.3, 0.4) is 0 Å². The second-order valence-corrected chi connectivity index (χ2v) is 5.22. The molecule has 0 saturated carbocycles. The van der Waals surface area contributed by atoms with Crippen molar-refractivity contribution >= 4 is 17.1 Å². The van der Waals surface area contributed by atoms with Crippen LogP contribution < -0.4 is 0 Å². The first-order valence-electron chi connectivity index (χ1n) is 5.96. The van der Waals surface area contributed by atoms with Crippen molar-refractivity contribution in [2.24, 2.45) is 0 Å². The predicted octanol–water partition coefficient (Wildman–Crippen LogP) is 4.18. The summed E-state index contributed by atoms with van der Waals surface area (Å²) in [5.41, 5.74) is 2.81. The monoisotopic (exact) mass is 262 g/mol. The van der Waals surface area contributed by atoms with E-state index in [9.17, 15) is 9.18 Å². The summed E-state index contributed by atoms with van der Waals surface area (Å²) in [6, 6.07) is 6.57. The number of benzene rings is 1. The Morgan fingerprint density at radius 3 is 2.78 bits per heavy atom. The van der Waals surface area contributed by atoms with Gasteiger partial charge in [-0.25, -0.2) is 4.39 Å². The molecule has 0 spiro atoms. The molecule has 0 saturated heterocycles. The van der Waals surface area contributed by atoms with Crippen molar-refractivity contribution < 1.29 is 9.18 Å². The number of hydrogen-bond donors (Lipinski definition) is 0. The molecule has 18 heavy (non-hydrogen) atoms. The van der Waals surface area contributed by atoms with E-state index in [4.69, 9.17) is 0 Å². The third-order valence-electron chi connectivity index (χ3n) is 3.04. The van der Waals surface area contributed by atoms with Crippen molar-refractivity contribution in [3.8, 4) is 0 Å². The lowest BCUT2D eigenvalue weighted by Gasteiger charge is -2.05. The molecule has 0 aliphatic carbocycles. The molecule has 1 aromatic carbocycles. The molecule has 2 aromatic rings. The van der Waals surface area contributed by atoms with Crippen LogP contribution in [0.25, 0.3) is 0 Å². The molecule has 0 atom stereocenters. The number of rotatable bonds is 4. The molecule has 1 heterocycles. The molecule has 0 amide bonds. The van der Waals surface area contributed by atoms with Gasteiger partial charge in [-0.1, -0.05) is 13.0 Å². The summed E-state index contributed by atoms with van der Waals surface area (Å²) in [6.45, 7) is 3.93. The first-order chi connectivity index (χ1) is 8.61. The van der Waals surface area contributed by atoms with Crippen molar-refractivity contribution in [3.05, 3.63) is 57.0 Å². The number of ketones is 1. The Labute approximate surface area is 110 Å². The number of thiophene rings is 1. The average Bonchev–Trinajstić information content (AvgIpc) is 2.82. The zero-order chi connectivity index (χ0) is 13.1. The summed E-state index contributed by atoms with van der Waals surface area (Å²) < 4.78 is 13.2. The summed E-state index contributed by atoms with van der Waals surface area (Å²) in [5, 5.41) is 1.94. The molecule has 0 fully saturated rings. The molecular weight excluding hydrogens is 247 g/mol. The Bertz CT molecular complexity index is 572. The standard InChI is InChI=1S/C15H15FOS/c1-3-11-6-7-18-15(11)14(17)9-12-8-13(16)5-4-10(12)2/h4-8H,3,9H2,1-2H3. The number of carbonyl (C=O) groups excluding carboxylic acids is 1. The lowest BCUT2D eigenvalue weighted by Crippen LogP contribution is -2.05. The van der Waals surface area contributed by atoms with Crippen molar-refractivity contribution in [1.29, 1.82) is 0 Å². The van der Waals surface area contributed by atoms with E-state index in [1.165, 1.54) is 23.5 Å². The van der Waals surface area contributed by atoms with Crippen LogP contribution in [-0.2, 0) is 12.8 Å². The Balaban J connectivity index is 2.24. The molecule has 0 aliphatic heterocycles. The zero-order valence-electron chi connectivity index (χ0n) is 10.5. The van der Waals surface area contributed by atoms with E-state index < -0.39 is 0 Å². The van der Waals surface area contributed by atoms with E-state index in [0.717, 1.165) is 28.0 Å². The van der Waals surface area contributed by atoms with Gasteiger partial charge in [-0.3, -0.25) is 4.79 Å². The predicted molar refractivity (Wildman–Crippen MR) is 72.9 cm³/mol. The van der Waals surface area contributed by atoms with Gasteiger partial charge in [0.2, 0.25) is 0 Å². The van der Waals surface area contributed by atoms with E-state index >= 15 is 0 Å². The Hall–Kier alpha value is -1.48. The molecule has 2 rings (SSSR count). The minimum atomic E-state index is -0.287. The lowest BCUT2D eigenvalue weighted by molar-refractivity contribution is 0.0996. The Kier molecular flexibility index (Phi) is 3.92. The molecule has 94 valence electrons. The molecule has 0 bridgehead atoms. The summed E-state index contributed by atoms with van der Waals surface area (Å²) in [5.74, 6) is -0.208. The van der Waals surface area contributed by atoms with Crippen molar-refractivity contribution in [2.45, 2.75) is 26.7 Å². The first-order valence-corrected chi connectivity index (χ1v) is 6.84.